The number of unbranched alkanes of at least 4 members (excludes halogenated alkanes) is 12. The molecule has 43 heavy (non-hydrogen) atoms. The molecule has 234 valence electrons. The summed E-state index contributed by atoms with van der Waals surface area (Å²) in [6.45, 7) is 3.41. The van der Waals surface area contributed by atoms with Gasteiger partial charge in [0.05, 0.1) is 13.2 Å². The van der Waals surface area contributed by atoms with E-state index in [1.165, 1.54) is 83.5 Å². The van der Waals surface area contributed by atoms with Crippen LogP contribution in [0.25, 0.3) is 0 Å². The molecule has 0 saturated heterocycles. The van der Waals surface area contributed by atoms with E-state index in [-0.39, 0.29) is 13.2 Å². The Hall–Kier alpha value is -2.72. The third-order valence-electron chi connectivity index (χ3n) is 8.14. The quantitative estimate of drug-likeness (QED) is 0.0647. The Morgan fingerprint density at radius 1 is 0.558 bits per heavy atom. The van der Waals surface area contributed by atoms with Gasteiger partial charge in [-0.25, -0.2) is 0 Å². The number of hydrogen-bond acceptors (Lipinski definition) is 3. The van der Waals surface area contributed by atoms with E-state index in [0.29, 0.717) is 6.61 Å². The topological polar surface area (TPSA) is 38.7 Å². The van der Waals surface area contributed by atoms with E-state index in [1.54, 1.807) is 0 Å². The molecule has 0 bridgehead atoms. The van der Waals surface area contributed by atoms with Crippen molar-refractivity contribution in [2.75, 3.05) is 19.8 Å². The predicted octanol–water partition coefficient (Wildman–Crippen LogP) is 10.4. The van der Waals surface area contributed by atoms with Crippen molar-refractivity contribution in [2.45, 2.75) is 109 Å². The van der Waals surface area contributed by atoms with Gasteiger partial charge in [-0.2, -0.15) is 0 Å². The molecule has 0 aliphatic rings. The highest BCUT2D eigenvalue weighted by Gasteiger charge is 2.38. The van der Waals surface area contributed by atoms with Crippen molar-refractivity contribution in [1.29, 1.82) is 0 Å². The number of rotatable bonds is 24. The van der Waals surface area contributed by atoms with Crippen molar-refractivity contribution in [1.82, 2.24) is 0 Å². The average molecular weight is 585 g/mol. The molecule has 3 aromatic carbocycles. The van der Waals surface area contributed by atoms with Gasteiger partial charge in [-0.15, -0.1) is 0 Å². The zero-order valence-corrected chi connectivity index (χ0v) is 26.7. The largest absolute Gasteiger partial charge is 0.388 e. The van der Waals surface area contributed by atoms with Crippen molar-refractivity contribution in [2.24, 2.45) is 0 Å². The Kier molecular flexibility index (Phi) is 17.7. The van der Waals surface area contributed by atoms with Crippen LogP contribution in [-0.2, 0) is 15.1 Å². The molecule has 0 amide bonds. The molecule has 3 aromatic rings. The van der Waals surface area contributed by atoms with E-state index in [9.17, 15) is 5.11 Å². The van der Waals surface area contributed by atoms with Gasteiger partial charge >= 0.3 is 0 Å². The van der Waals surface area contributed by atoms with Gasteiger partial charge in [0.25, 0.3) is 0 Å². The first-order valence-corrected chi connectivity index (χ1v) is 17.0. The van der Waals surface area contributed by atoms with Crippen molar-refractivity contribution in [3.8, 4) is 0 Å². The standard InChI is InChI=1S/C40H56O3/c1-2-3-4-5-6-7-8-9-10-11-12-13-14-15-16-26-33-42-34-39(41)35-43-40(36-27-20-17-21-28-36,37-29-22-18-23-30-37)38-31-24-19-25-32-38/h9-10,17-25,27-32,39,41H,2-8,11-16,26,33-35H2,1H3/b10-9-/t39-/m1/s1. The third kappa shape index (κ3) is 12.8. The molecule has 1 atom stereocenters. The first kappa shape index (κ1) is 34.8. The lowest BCUT2D eigenvalue weighted by molar-refractivity contribution is -0.0641. The molecule has 0 fully saturated rings. The highest BCUT2D eigenvalue weighted by molar-refractivity contribution is 5.47. The number of aliphatic hydroxyl groups is 1. The van der Waals surface area contributed by atoms with E-state index in [2.05, 4.69) is 55.5 Å². The normalized spacial score (nSPS) is 12.6. The summed E-state index contributed by atoms with van der Waals surface area (Å²) >= 11 is 0. The maximum atomic E-state index is 10.8. The van der Waals surface area contributed by atoms with E-state index < -0.39 is 11.7 Å². The molecule has 3 nitrogen and oxygen atoms in total. The SMILES string of the molecule is CCCCCCCC/C=C\CCCCCCCCOC[C@@H](O)COC(c1ccccc1)(c1ccccc1)c1ccccc1. The van der Waals surface area contributed by atoms with Crippen LogP contribution < -0.4 is 0 Å². The molecule has 1 N–H and O–H groups in total. The average Bonchev–Trinajstić information content (AvgIpc) is 3.06. The van der Waals surface area contributed by atoms with Crippen molar-refractivity contribution >= 4 is 0 Å². The fourth-order valence-corrected chi connectivity index (χ4v) is 5.71. The van der Waals surface area contributed by atoms with Gasteiger partial charge in [-0.3, -0.25) is 0 Å². The number of allylic oxidation sites excluding steroid dienone is 2. The molecule has 0 unspecified atom stereocenters. The van der Waals surface area contributed by atoms with Crippen LogP contribution in [0.15, 0.2) is 103 Å². The molecule has 0 spiro atoms. The number of aliphatic hydroxyl groups excluding tert-OH is 1. The number of hydrogen-bond donors (Lipinski definition) is 1. The summed E-state index contributed by atoms with van der Waals surface area (Å²) in [6, 6.07) is 30.8. The minimum absolute atomic E-state index is 0.173. The van der Waals surface area contributed by atoms with Crippen molar-refractivity contribution < 1.29 is 14.6 Å². The Balaban J connectivity index is 1.32. The molecule has 0 radical (unpaired) electrons. The lowest BCUT2D eigenvalue weighted by Gasteiger charge is -2.36. The zero-order chi connectivity index (χ0) is 30.3. The fourth-order valence-electron chi connectivity index (χ4n) is 5.71. The third-order valence-corrected chi connectivity index (χ3v) is 8.14. The van der Waals surface area contributed by atoms with Crippen LogP contribution in [0.3, 0.4) is 0 Å². The van der Waals surface area contributed by atoms with Crippen molar-refractivity contribution in [3.63, 3.8) is 0 Å². The van der Waals surface area contributed by atoms with Crippen LogP contribution >= 0.6 is 0 Å². The molecule has 0 aliphatic heterocycles. The van der Waals surface area contributed by atoms with Crippen molar-refractivity contribution in [3.05, 3.63) is 120 Å². The molecular weight excluding hydrogens is 528 g/mol. The smallest absolute Gasteiger partial charge is 0.143 e. The van der Waals surface area contributed by atoms with Gasteiger partial charge in [0, 0.05) is 6.61 Å². The minimum Gasteiger partial charge on any atom is -0.388 e. The van der Waals surface area contributed by atoms with E-state index >= 15 is 0 Å². The first-order chi connectivity index (χ1) is 21.3. The highest BCUT2D eigenvalue weighted by Crippen LogP contribution is 2.40. The maximum Gasteiger partial charge on any atom is 0.143 e. The molecule has 3 heteroatoms. The van der Waals surface area contributed by atoms with Crippen LogP contribution in [0.4, 0.5) is 0 Å². The second-order valence-electron chi connectivity index (χ2n) is 11.8. The Bertz CT molecular complexity index is 984. The number of benzene rings is 3. The molecular formula is C40H56O3. The second kappa shape index (κ2) is 21.9. The summed E-state index contributed by atoms with van der Waals surface area (Å²) in [5.41, 5.74) is 2.27. The zero-order valence-electron chi connectivity index (χ0n) is 26.7. The molecule has 0 aromatic heterocycles. The van der Waals surface area contributed by atoms with Crippen LogP contribution in [0, 0.1) is 0 Å². The second-order valence-corrected chi connectivity index (χ2v) is 11.8. The maximum absolute atomic E-state index is 10.8. The van der Waals surface area contributed by atoms with Gasteiger partial charge in [0.15, 0.2) is 0 Å². The lowest BCUT2D eigenvalue weighted by atomic mass is 9.80. The van der Waals surface area contributed by atoms with Crippen LogP contribution in [0.5, 0.6) is 0 Å². The van der Waals surface area contributed by atoms with Crippen LogP contribution in [0.2, 0.25) is 0 Å². The molecule has 0 aliphatic carbocycles. The molecule has 0 heterocycles. The summed E-state index contributed by atoms with van der Waals surface area (Å²) in [5, 5.41) is 10.8. The summed E-state index contributed by atoms with van der Waals surface area (Å²) in [6.07, 6.45) is 22.2. The fraction of sp³-hybridized carbons (Fsp3) is 0.500. The summed E-state index contributed by atoms with van der Waals surface area (Å²) in [7, 11) is 0. The van der Waals surface area contributed by atoms with Gasteiger partial charge in [-0.05, 0) is 48.8 Å². The van der Waals surface area contributed by atoms with E-state index in [1.807, 2.05) is 54.6 Å². The van der Waals surface area contributed by atoms with Gasteiger partial charge in [-0.1, -0.05) is 168 Å². The lowest BCUT2D eigenvalue weighted by Crippen LogP contribution is -2.36. The van der Waals surface area contributed by atoms with E-state index in [0.717, 1.165) is 23.1 Å². The Morgan fingerprint density at radius 3 is 1.44 bits per heavy atom. The van der Waals surface area contributed by atoms with E-state index in [4.69, 9.17) is 9.47 Å². The molecule has 0 saturated carbocycles. The molecule has 3 rings (SSSR count). The first-order valence-electron chi connectivity index (χ1n) is 17.0. The van der Waals surface area contributed by atoms with Gasteiger partial charge in [0.1, 0.15) is 11.7 Å². The Morgan fingerprint density at radius 2 is 0.977 bits per heavy atom. The number of ether oxygens (including phenoxy) is 2. The van der Waals surface area contributed by atoms with Crippen LogP contribution in [0.1, 0.15) is 114 Å². The van der Waals surface area contributed by atoms with Crippen LogP contribution in [-0.4, -0.2) is 31.0 Å². The highest BCUT2D eigenvalue weighted by atomic mass is 16.5. The van der Waals surface area contributed by atoms with Gasteiger partial charge < -0.3 is 14.6 Å². The Labute approximate surface area is 262 Å². The predicted molar refractivity (Wildman–Crippen MR) is 181 cm³/mol. The summed E-state index contributed by atoms with van der Waals surface area (Å²) < 4.78 is 12.6. The monoisotopic (exact) mass is 584 g/mol. The summed E-state index contributed by atoms with van der Waals surface area (Å²) in [5.74, 6) is 0. The summed E-state index contributed by atoms with van der Waals surface area (Å²) in [4.78, 5) is 0. The minimum atomic E-state index is -0.825. The van der Waals surface area contributed by atoms with Gasteiger partial charge in [0.2, 0.25) is 0 Å².